The lowest BCUT2D eigenvalue weighted by Crippen LogP contribution is -2.43. The van der Waals surface area contributed by atoms with Crippen molar-refractivity contribution in [3.05, 3.63) is 34.4 Å². The summed E-state index contributed by atoms with van der Waals surface area (Å²) in [4.78, 5) is 11.9. The van der Waals surface area contributed by atoms with Gasteiger partial charge in [-0.15, -0.1) is 0 Å². The first-order valence-electron chi connectivity index (χ1n) is 7.39. The van der Waals surface area contributed by atoms with Crippen molar-refractivity contribution in [2.45, 2.75) is 54.1 Å². The maximum Gasteiger partial charge on any atom is 0.236 e. The predicted octanol–water partition coefficient (Wildman–Crippen LogP) is 2.86. The number of rotatable bonds is 6. The van der Waals surface area contributed by atoms with E-state index in [1.54, 1.807) is 0 Å². The fourth-order valence-electron chi connectivity index (χ4n) is 2.29. The molecule has 0 aliphatic carbocycles. The Labute approximate surface area is 123 Å². The molecule has 0 fully saturated rings. The van der Waals surface area contributed by atoms with E-state index in [0.29, 0.717) is 5.92 Å². The van der Waals surface area contributed by atoms with Crippen LogP contribution in [0, 0.1) is 26.7 Å². The van der Waals surface area contributed by atoms with E-state index in [4.69, 9.17) is 0 Å². The van der Waals surface area contributed by atoms with Crippen molar-refractivity contribution < 1.29 is 4.79 Å². The first kappa shape index (κ1) is 16.7. The second kappa shape index (κ2) is 7.44. The van der Waals surface area contributed by atoms with E-state index in [-0.39, 0.29) is 11.9 Å². The standard InChI is InChI=1S/C17H28N2O/c1-11(2)9-19-17(20)15(6)18-10-16-13(4)7-12(3)8-14(16)5/h7-8,11,15,18H,9-10H2,1-6H3,(H,19,20). The zero-order valence-electron chi connectivity index (χ0n) is 13.6. The van der Waals surface area contributed by atoms with Gasteiger partial charge in [0.2, 0.25) is 5.91 Å². The van der Waals surface area contributed by atoms with Crippen LogP contribution in [0.4, 0.5) is 0 Å². The number of benzene rings is 1. The van der Waals surface area contributed by atoms with E-state index in [2.05, 4.69) is 57.4 Å². The molecule has 0 saturated carbocycles. The Bertz CT molecular complexity index is 443. The molecule has 0 aromatic heterocycles. The van der Waals surface area contributed by atoms with Crippen LogP contribution in [0.25, 0.3) is 0 Å². The summed E-state index contributed by atoms with van der Waals surface area (Å²) in [5.41, 5.74) is 5.14. The molecule has 0 aliphatic rings. The molecule has 1 amide bonds. The minimum atomic E-state index is -0.172. The van der Waals surface area contributed by atoms with Crippen LogP contribution in [0.3, 0.4) is 0 Å². The zero-order chi connectivity index (χ0) is 15.3. The fraction of sp³-hybridized carbons (Fsp3) is 0.588. The Morgan fingerprint density at radius 2 is 1.65 bits per heavy atom. The molecule has 1 atom stereocenters. The van der Waals surface area contributed by atoms with Crippen molar-refractivity contribution in [1.29, 1.82) is 0 Å². The van der Waals surface area contributed by atoms with Crippen molar-refractivity contribution in [3.63, 3.8) is 0 Å². The monoisotopic (exact) mass is 276 g/mol. The van der Waals surface area contributed by atoms with Crippen molar-refractivity contribution in [1.82, 2.24) is 10.6 Å². The summed E-state index contributed by atoms with van der Waals surface area (Å²) < 4.78 is 0. The van der Waals surface area contributed by atoms with Crippen LogP contribution < -0.4 is 10.6 Å². The van der Waals surface area contributed by atoms with E-state index >= 15 is 0 Å². The summed E-state index contributed by atoms with van der Waals surface area (Å²) in [7, 11) is 0. The Hall–Kier alpha value is -1.35. The molecule has 1 aromatic rings. The lowest BCUT2D eigenvalue weighted by atomic mass is 9.99. The number of aryl methyl sites for hydroxylation is 3. The Kier molecular flexibility index (Phi) is 6.21. The Morgan fingerprint density at radius 1 is 1.10 bits per heavy atom. The topological polar surface area (TPSA) is 41.1 Å². The number of hydrogen-bond acceptors (Lipinski definition) is 2. The Balaban J connectivity index is 2.57. The third kappa shape index (κ3) is 4.97. The summed E-state index contributed by atoms with van der Waals surface area (Å²) in [5.74, 6) is 0.550. The van der Waals surface area contributed by atoms with E-state index < -0.39 is 0 Å². The molecule has 1 aromatic carbocycles. The van der Waals surface area contributed by atoms with Gasteiger partial charge < -0.3 is 10.6 Å². The van der Waals surface area contributed by atoms with Gasteiger partial charge in [-0.2, -0.15) is 0 Å². The SMILES string of the molecule is Cc1cc(C)c(CNC(C)C(=O)NCC(C)C)c(C)c1. The molecule has 0 saturated heterocycles. The van der Waals surface area contributed by atoms with Gasteiger partial charge in [0.1, 0.15) is 0 Å². The molecule has 0 bridgehead atoms. The van der Waals surface area contributed by atoms with Gasteiger partial charge in [0.25, 0.3) is 0 Å². The highest BCUT2D eigenvalue weighted by Crippen LogP contribution is 2.16. The summed E-state index contributed by atoms with van der Waals surface area (Å²) in [6.45, 7) is 13.9. The minimum Gasteiger partial charge on any atom is -0.354 e. The molecule has 20 heavy (non-hydrogen) atoms. The summed E-state index contributed by atoms with van der Waals surface area (Å²) in [6, 6.07) is 4.20. The first-order valence-corrected chi connectivity index (χ1v) is 7.39. The molecular weight excluding hydrogens is 248 g/mol. The number of hydrogen-bond donors (Lipinski definition) is 2. The quantitative estimate of drug-likeness (QED) is 0.839. The van der Waals surface area contributed by atoms with Gasteiger partial charge in [0.15, 0.2) is 0 Å². The number of carbonyl (C=O) groups excluding carboxylic acids is 1. The van der Waals surface area contributed by atoms with Gasteiger partial charge in [-0.05, 0) is 50.3 Å². The molecule has 3 heteroatoms. The van der Waals surface area contributed by atoms with E-state index in [9.17, 15) is 4.79 Å². The molecule has 1 rings (SSSR count). The van der Waals surface area contributed by atoms with Crippen LogP contribution in [0.5, 0.6) is 0 Å². The molecule has 0 spiro atoms. The van der Waals surface area contributed by atoms with Gasteiger partial charge in [-0.3, -0.25) is 4.79 Å². The normalized spacial score (nSPS) is 12.6. The third-order valence-electron chi connectivity index (χ3n) is 3.50. The zero-order valence-corrected chi connectivity index (χ0v) is 13.6. The Morgan fingerprint density at radius 3 is 2.15 bits per heavy atom. The molecule has 0 radical (unpaired) electrons. The van der Waals surface area contributed by atoms with E-state index in [1.807, 2.05) is 6.92 Å². The maximum atomic E-state index is 11.9. The van der Waals surface area contributed by atoms with Crippen LogP contribution in [-0.4, -0.2) is 18.5 Å². The highest BCUT2D eigenvalue weighted by molar-refractivity contribution is 5.81. The van der Waals surface area contributed by atoms with E-state index in [1.165, 1.54) is 22.3 Å². The summed E-state index contributed by atoms with van der Waals surface area (Å²) in [6.07, 6.45) is 0. The van der Waals surface area contributed by atoms with Gasteiger partial charge in [-0.25, -0.2) is 0 Å². The van der Waals surface area contributed by atoms with Gasteiger partial charge >= 0.3 is 0 Å². The number of amides is 1. The van der Waals surface area contributed by atoms with Crippen LogP contribution in [-0.2, 0) is 11.3 Å². The third-order valence-corrected chi connectivity index (χ3v) is 3.50. The molecular formula is C17H28N2O. The predicted molar refractivity (Wildman–Crippen MR) is 84.8 cm³/mol. The van der Waals surface area contributed by atoms with Gasteiger partial charge in [-0.1, -0.05) is 31.5 Å². The molecule has 112 valence electrons. The van der Waals surface area contributed by atoms with Crippen molar-refractivity contribution in [2.24, 2.45) is 5.92 Å². The fourth-order valence-corrected chi connectivity index (χ4v) is 2.29. The average Bonchev–Trinajstić information content (AvgIpc) is 2.34. The summed E-state index contributed by atoms with van der Waals surface area (Å²) in [5, 5.41) is 6.27. The first-order chi connectivity index (χ1) is 9.31. The highest BCUT2D eigenvalue weighted by Gasteiger charge is 2.13. The maximum absolute atomic E-state index is 11.9. The van der Waals surface area contributed by atoms with Crippen molar-refractivity contribution >= 4 is 5.91 Å². The second-order valence-corrected chi connectivity index (χ2v) is 6.12. The van der Waals surface area contributed by atoms with E-state index in [0.717, 1.165) is 13.1 Å². The smallest absolute Gasteiger partial charge is 0.236 e. The van der Waals surface area contributed by atoms with Crippen molar-refractivity contribution in [2.75, 3.05) is 6.54 Å². The summed E-state index contributed by atoms with van der Waals surface area (Å²) >= 11 is 0. The lowest BCUT2D eigenvalue weighted by Gasteiger charge is -2.17. The minimum absolute atomic E-state index is 0.0705. The molecule has 3 nitrogen and oxygen atoms in total. The second-order valence-electron chi connectivity index (χ2n) is 6.12. The lowest BCUT2D eigenvalue weighted by molar-refractivity contribution is -0.122. The van der Waals surface area contributed by atoms with Crippen LogP contribution >= 0.6 is 0 Å². The average molecular weight is 276 g/mol. The van der Waals surface area contributed by atoms with Crippen LogP contribution in [0.1, 0.15) is 43.0 Å². The largest absolute Gasteiger partial charge is 0.354 e. The van der Waals surface area contributed by atoms with Crippen LogP contribution in [0.15, 0.2) is 12.1 Å². The van der Waals surface area contributed by atoms with Crippen LogP contribution in [0.2, 0.25) is 0 Å². The van der Waals surface area contributed by atoms with Crippen molar-refractivity contribution in [3.8, 4) is 0 Å². The highest BCUT2D eigenvalue weighted by atomic mass is 16.2. The van der Waals surface area contributed by atoms with Gasteiger partial charge in [0, 0.05) is 13.1 Å². The number of carbonyl (C=O) groups is 1. The van der Waals surface area contributed by atoms with Gasteiger partial charge in [0.05, 0.1) is 6.04 Å². The molecule has 0 aliphatic heterocycles. The molecule has 2 N–H and O–H groups in total. The molecule has 1 unspecified atom stereocenters. The number of nitrogens with one attached hydrogen (secondary N) is 2. The molecule has 0 heterocycles.